The van der Waals surface area contributed by atoms with Crippen LogP contribution in [0.5, 0.6) is 0 Å². The molecule has 0 bridgehead atoms. The number of hydrogen-bond donors (Lipinski definition) is 0. The molecule has 0 radical (unpaired) electrons. The van der Waals surface area contributed by atoms with Crippen molar-refractivity contribution in [3.63, 3.8) is 0 Å². The molecule has 1 aromatic heterocycles. The Morgan fingerprint density at radius 2 is 1.79 bits per heavy atom. The maximum absolute atomic E-state index is 13.7. The Morgan fingerprint density at radius 3 is 2.45 bits per heavy atom. The molecule has 0 N–H and O–H groups in total. The Labute approximate surface area is 207 Å². The van der Waals surface area contributed by atoms with Gasteiger partial charge in [-0.3, -0.25) is 4.79 Å². The van der Waals surface area contributed by atoms with E-state index in [1.165, 1.54) is 14.7 Å². The fraction of sp³-hybridized carbons (Fsp3) is 0.320. The Kier molecular flexibility index (Phi) is 6.20. The van der Waals surface area contributed by atoms with E-state index in [1.807, 2.05) is 11.8 Å². The fourth-order valence-corrected chi connectivity index (χ4v) is 7.23. The Hall–Kier alpha value is -2.00. The molecule has 0 saturated heterocycles. The second kappa shape index (κ2) is 8.98. The van der Waals surface area contributed by atoms with Crippen molar-refractivity contribution in [3.05, 3.63) is 86.0 Å². The number of nitrogens with zero attached hydrogens (tertiary/aromatic N) is 2. The normalized spacial score (nSPS) is 18.4. The minimum Gasteiger partial charge on any atom is -0.330 e. The van der Waals surface area contributed by atoms with E-state index in [9.17, 15) is 13.2 Å². The lowest BCUT2D eigenvalue weighted by Crippen LogP contribution is -2.47. The highest BCUT2D eigenvalue weighted by molar-refractivity contribution is 9.10. The molecule has 1 saturated carbocycles. The molecule has 172 valence electrons. The summed E-state index contributed by atoms with van der Waals surface area (Å²) in [6, 6.07) is 16.7. The van der Waals surface area contributed by atoms with Crippen LogP contribution in [0.15, 0.2) is 69.3 Å². The molecule has 2 aromatic carbocycles. The molecule has 1 atom stereocenters. The summed E-state index contributed by atoms with van der Waals surface area (Å²) < 4.78 is 29.1. The molecule has 8 heteroatoms. The van der Waals surface area contributed by atoms with Gasteiger partial charge in [0.25, 0.3) is 0 Å². The number of fused-ring (bicyclic) bond motifs is 1. The van der Waals surface area contributed by atoms with E-state index in [2.05, 4.69) is 51.6 Å². The van der Waals surface area contributed by atoms with Gasteiger partial charge in [-0.05, 0) is 73.0 Å². The van der Waals surface area contributed by atoms with Crippen LogP contribution in [0, 0.1) is 6.92 Å². The Balaban J connectivity index is 1.46. The largest absolute Gasteiger partial charge is 0.330 e. The van der Waals surface area contributed by atoms with Crippen molar-refractivity contribution >= 4 is 43.2 Å². The number of aryl methyl sites for hydroxylation is 1. The van der Waals surface area contributed by atoms with Crippen LogP contribution in [0.25, 0.3) is 0 Å². The average molecular weight is 546 g/mol. The molecule has 1 aliphatic carbocycles. The van der Waals surface area contributed by atoms with Crippen LogP contribution in [-0.2, 0) is 21.2 Å². The number of amides is 1. The van der Waals surface area contributed by atoms with Crippen LogP contribution in [0.4, 0.5) is 0 Å². The maximum atomic E-state index is 13.7. The minimum absolute atomic E-state index is 0.109. The van der Waals surface area contributed by atoms with Crippen molar-refractivity contribution in [2.75, 3.05) is 13.1 Å². The average Bonchev–Trinajstić information content (AvgIpc) is 3.53. The van der Waals surface area contributed by atoms with Gasteiger partial charge in [0.05, 0.1) is 17.5 Å². The van der Waals surface area contributed by atoms with Gasteiger partial charge in [0.1, 0.15) is 0 Å². The van der Waals surface area contributed by atoms with Gasteiger partial charge in [0, 0.05) is 21.9 Å². The summed E-state index contributed by atoms with van der Waals surface area (Å²) in [7, 11) is -3.76. The highest BCUT2D eigenvalue weighted by Crippen LogP contribution is 2.39. The van der Waals surface area contributed by atoms with Gasteiger partial charge in [0.15, 0.2) is 0 Å². The minimum atomic E-state index is -3.76. The zero-order valence-electron chi connectivity index (χ0n) is 18.3. The lowest BCUT2D eigenvalue weighted by Gasteiger charge is -2.37. The highest BCUT2D eigenvalue weighted by Gasteiger charge is 2.41. The smallest absolute Gasteiger partial charge is 0.243 e. The number of thiophene rings is 1. The second-order valence-corrected chi connectivity index (χ2v) is 12.5. The first kappa shape index (κ1) is 22.8. The van der Waals surface area contributed by atoms with E-state index in [0.29, 0.717) is 6.54 Å². The number of halogens is 1. The van der Waals surface area contributed by atoms with Crippen LogP contribution >= 0.6 is 27.3 Å². The first-order valence-electron chi connectivity index (χ1n) is 11.0. The molecule has 2 aliphatic rings. The Morgan fingerprint density at radius 1 is 1.09 bits per heavy atom. The molecular formula is C25H25BrN2O3S2. The van der Waals surface area contributed by atoms with Gasteiger partial charge >= 0.3 is 0 Å². The van der Waals surface area contributed by atoms with Crippen molar-refractivity contribution in [2.45, 2.75) is 43.2 Å². The SMILES string of the molecule is Cc1ccc(C2c3ccsc3CCN2C(=O)CN(C2CC2)S(=O)(=O)c2ccc(Br)cc2)cc1. The van der Waals surface area contributed by atoms with Gasteiger partial charge in [-0.15, -0.1) is 11.3 Å². The van der Waals surface area contributed by atoms with Gasteiger partial charge < -0.3 is 4.90 Å². The van der Waals surface area contributed by atoms with E-state index in [4.69, 9.17) is 0 Å². The molecule has 0 spiro atoms. The van der Waals surface area contributed by atoms with Crippen molar-refractivity contribution in [2.24, 2.45) is 0 Å². The predicted molar refractivity (Wildman–Crippen MR) is 134 cm³/mol. The number of sulfonamides is 1. The molecule has 2 heterocycles. The number of benzene rings is 2. The van der Waals surface area contributed by atoms with Gasteiger partial charge in [0.2, 0.25) is 15.9 Å². The molecule has 1 amide bonds. The standard InChI is InChI=1S/C25H25BrN2O3S2/c1-17-2-4-18(5-3-17)25-22-13-15-32-23(22)12-14-27(25)24(29)16-28(20-8-9-20)33(30,31)21-10-6-19(26)7-11-21/h2-7,10-11,13,15,20,25H,8-9,12,14,16H2,1H3. The molecule has 5 nitrogen and oxygen atoms in total. The summed E-state index contributed by atoms with van der Waals surface area (Å²) >= 11 is 5.08. The number of hydrogen-bond acceptors (Lipinski definition) is 4. The molecule has 1 aliphatic heterocycles. The molecule has 3 aromatic rings. The van der Waals surface area contributed by atoms with Gasteiger partial charge in [-0.1, -0.05) is 45.8 Å². The zero-order chi connectivity index (χ0) is 23.2. The van der Waals surface area contributed by atoms with Crippen LogP contribution < -0.4 is 0 Å². The molecule has 1 unspecified atom stereocenters. The first-order chi connectivity index (χ1) is 15.8. The molecular weight excluding hydrogens is 520 g/mol. The van der Waals surface area contributed by atoms with E-state index in [1.54, 1.807) is 35.6 Å². The quantitative estimate of drug-likeness (QED) is 0.431. The van der Waals surface area contributed by atoms with E-state index in [-0.39, 0.29) is 29.4 Å². The predicted octanol–water partition coefficient (Wildman–Crippen LogP) is 5.15. The van der Waals surface area contributed by atoms with E-state index >= 15 is 0 Å². The molecule has 1 fully saturated rings. The maximum Gasteiger partial charge on any atom is 0.243 e. The second-order valence-electron chi connectivity index (χ2n) is 8.68. The van der Waals surface area contributed by atoms with E-state index in [0.717, 1.165) is 34.9 Å². The monoisotopic (exact) mass is 544 g/mol. The van der Waals surface area contributed by atoms with E-state index < -0.39 is 10.0 Å². The molecule has 33 heavy (non-hydrogen) atoms. The third-order valence-corrected chi connectivity index (χ3v) is 9.78. The van der Waals surface area contributed by atoms with Crippen LogP contribution in [0.3, 0.4) is 0 Å². The van der Waals surface area contributed by atoms with Crippen molar-refractivity contribution in [1.82, 2.24) is 9.21 Å². The number of carbonyl (C=O) groups excluding carboxylic acids is 1. The summed E-state index contributed by atoms with van der Waals surface area (Å²) in [6.45, 7) is 2.50. The van der Waals surface area contributed by atoms with Gasteiger partial charge in [-0.2, -0.15) is 4.31 Å². The fourth-order valence-electron chi connectivity index (χ4n) is 4.43. The van der Waals surface area contributed by atoms with Crippen molar-refractivity contribution in [1.29, 1.82) is 0 Å². The lowest BCUT2D eigenvalue weighted by molar-refractivity contribution is -0.133. The van der Waals surface area contributed by atoms with Crippen molar-refractivity contribution in [3.8, 4) is 0 Å². The summed E-state index contributed by atoms with van der Waals surface area (Å²) in [5, 5.41) is 2.08. The van der Waals surface area contributed by atoms with Crippen LogP contribution in [-0.4, -0.2) is 42.7 Å². The summed E-state index contributed by atoms with van der Waals surface area (Å²) in [4.78, 5) is 17.1. The zero-order valence-corrected chi connectivity index (χ0v) is 21.5. The third kappa shape index (κ3) is 4.54. The number of carbonyl (C=O) groups is 1. The summed E-state index contributed by atoms with van der Waals surface area (Å²) in [5.41, 5.74) is 3.37. The van der Waals surface area contributed by atoms with Crippen LogP contribution in [0.2, 0.25) is 0 Å². The lowest BCUT2D eigenvalue weighted by atomic mass is 9.92. The summed E-state index contributed by atoms with van der Waals surface area (Å²) in [5.74, 6) is -0.148. The third-order valence-electron chi connectivity index (χ3n) is 6.34. The Bertz CT molecular complexity index is 1270. The first-order valence-corrected chi connectivity index (χ1v) is 14.2. The highest BCUT2D eigenvalue weighted by atomic mass is 79.9. The van der Waals surface area contributed by atoms with Crippen LogP contribution in [0.1, 0.15) is 40.5 Å². The molecule has 5 rings (SSSR count). The number of rotatable bonds is 6. The summed E-state index contributed by atoms with van der Waals surface area (Å²) in [6.07, 6.45) is 2.38. The van der Waals surface area contributed by atoms with Gasteiger partial charge in [-0.25, -0.2) is 8.42 Å². The van der Waals surface area contributed by atoms with Crippen molar-refractivity contribution < 1.29 is 13.2 Å². The topological polar surface area (TPSA) is 57.7 Å².